The fraction of sp³-hybridized carbons (Fsp3) is 0.481. The van der Waals surface area contributed by atoms with Crippen molar-refractivity contribution in [1.82, 2.24) is 14.5 Å². The molecule has 0 atom stereocenters. The summed E-state index contributed by atoms with van der Waals surface area (Å²) in [5.41, 5.74) is 3.94. The molecule has 6 nitrogen and oxygen atoms in total. The molecule has 1 saturated carbocycles. The van der Waals surface area contributed by atoms with Crippen LogP contribution < -0.4 is 10.2 Å². The van der Waals surface area contributed by atoms with Gasteiger partial charge in [-0.05, 0) is 55.3 Å². The number of hydrogen-bond donors (Lipinski definition) is 1. The maximum absolute atomic E-state index is 13.2. The molecule has 1 aromatic heterocycles. The molecule has 2 aromatic carbocycles. The highest BCUT2D eigenvalue weighted by Crippen LogP contribution is 2.26. The third-order valence-electron chi connectivity index (χ3n) is 7.43. The Hall–Kier alpha value is -2.93. The lowest BCUT2D eigenvalue weighted by molar-refractivity contribution is -0.120. The van der Waals surface area contributed by atoms with Crippen molar-refractivity contribution in [3.05, 3.63) is 54.1 Å². The van der Waals surface area contributed by atoms with Crippen LogP contribution in [-0.2, 0) is 18.3 Å². The molecule has 1 amide bonds. The number of piperazine rings is 1. The number of carbonyl (C=O) groups excluding carboxylic acids is 1. The number of aryl methyl sites for hydroxylation is 1. The van der Waals surface area contributed by atoms with Crippen molar-refractivity contribution in [3.8, 4) is 0 Å². The molecule has 2 fully saturated rings. The molecule has 2 aliphatic rings. The van der Waals surface area contributed by atoms with Gasteiger partial charge in [0.1, 0.15) is 11.6 Å². The van der Waals surface area contributed by atoms with E-state index in [1.165, 1.54) is 18.6 Å². The van der Waals surface area contributed by atoms with Crippen LogP contribution in [0.1, 0.15) is 37.9 Å². The van der Waals surface area contributed by atoms with Crippen molar-refractivity contribution < 1.29 is 9.18 Å². The Bertz CT molecular complexity index is 1130. The summed E-state index contributed by atoms with van der Waals surface area (Å²) in [6, 6.07) is 12.8. The van der Waals surface area contributed by atoms with Crippen LogP contribution in [0.15, 0.2) is 42.5 Å². The maximum Gasteiger partial charge on any atom is 0.227 e. The minimum absolute atomic E-state index is 0.146. The number of aromatic nitrogens is 2. The van der Waals surface area contributed by atoms with Crippen LogP contribution >= 0.6 is 0 Å². The third-order valence-corrected chi connectivity index (χ3v) is 7.43. The quantitative estimate of drug-likeness (QED) is 0.581. The van der Waals surface area contributed by atoms with E-state index in [2.05, 4.69) is 32.8 Å². The van der Waals surface area contributed by atoms with Crippen LogP contribution in [0.25, 0.3) is 11.0 Å². The first-order chi connectivity index (χ1) is 16.6. The molecule has 1 saturated heterocycles. The predicted molar refractivity (Wildman–Crippen MR) is 135 cm³/mol. The number of halogens is 1. The lowest BCUT2D eigenvalue weighted by Crippen LogP contribution is -2.47. The average Bonchev–Trinajstić information content (AvgIpc) is 3.18. The van der Waals surface area contributed by atoms with E-state index in [1.54, 1.807) is 0 Å². The van der Waals surface area contributed by atoms with Gasteiger partial charge in [0.25, 0.3) is 0 Å². The largest absolute Gasteiger partial charge is 0.369 e. The molecule has 3 aromatic rings. The van der Waals surface area contributed by atoms with Gasteiger partial charge in [0.15, 0.2) is 0 Å². The number of imidazole rings is 1. The Morgan fingerprint density at radius 1 is 1.03 bits per heavy atom. The topological polar surface area (TPSA) is 53.4 Å². The summed E-state index contributed by atoms with van der Waals surface area (Å²) in [6.45, 7) is 4.81. The van der Waals surface area contributed by atoms with Crippen molar-refractivity contribution in [2.24, 2.45) is 13.0 Å². The van der Waals surface area contributed by atoms with E-state index in [4.69, 9.17) is 4.98 Å². The summed E-state index contributed by atoms with van der Waals surface area (Å²) < 4.78 is 15.4. The van der Waals surface area contributed by atoms with Crippen molar-refractivity contribution in [2.75, 3.05) is 42.9 Å². The molecule has 0 spiro atoms. The molecule has 2 heterocycles. The van der Waals surface area contributed by atoms with Crippen LogP contribution in [0.4, 0.5) is 15.8 Å². The van der Waals surface area contributed by atoms with E-state index < -0.39 is 0 Å². The average molecular weight is 464 g/mol. The first-order valence-electron chi connectivity index (χ1n) is 12.6. The highest BCUT2D eigenvalue weighted by molar-refractivity contribution is 5.94. The van der Waals surface area contributed by atoms with Gasteiger partial charge in [0.05, 0.1) is 11.0 Å². The minimum atomic E-state index is -0.191. The fourth-order valence-corrected chi connectivity index (χ4v) is 5.30. The SMILES string of the molecule is Cn1c(CCN2CCN(c3ccc(F)cc3)CC2)nc2cc(NC(=O)C3CCCCC3)ccc21. The normalized spacial score (nSPS) is 17.9. The van der Waals surface area contributed by atoms with Crippen molar-refractivity contribution in [3.63, 3.8) is 0 Å². The predicted octanol–water partition coefficient (Wildman–Crippen LogP) is 4.60. The summed E-state index contributed by atoms with van der Waals surface area (Å²) in [6.07, 6.45) is 6.44. The van der Waals surface area contributed by atoms with E-state index in [0.717, 1.165) is 93.1 Å². The van der Waals surface area contributed by atoms with E-state index >= 15 is 0 Å². The van der Waals surface area contributed by atoms with Gasteiger partial charge >= 0.3 is 0 Å². The molecule has 0 radical (unpaired) electrons. The molecule has 7 heteroatoms. The van der Waals surface area contributed by atoms with Crippen LogP contribution in [0, 0.1) is 11.7 Å². The number of anilines is 2. The summed E-state index contributed by atoms with van der Waals surface area (Å²) in [5.74, 6) is 1.16. The molecule has 0 bridgehead atoms. The monoisotopic (exact) mass is 463 g/mol. The number of carbonyl (C=O) groups is 1. The van der Waals surface area contributed by atoms with Gasteiger partial charge in [-0.3, -0.25) is 9.69 Å². The number of rotatable bonds is 6. The van der Waals surface area contributed by atoms with E-state index in [0.29, 0.717) is 0 Å². The Morgan fingerprint density at radius 3 is 2.50 bits per heavy atom. The summed E-state index contributed by atoms with van der Waals surface area (Å²) in [7, 11) is 2.07. The highest BCUT2D eigenvalue weighted by atomic mass is 19.1. The molecular weight excluding hydrogens is 429 g/mol. The standard InChI is InChI=1S/C27H34FN5O/c1-31-25-12-9-22(29-27(34)20-5-3-2-4-6-20)19-24(25)30-26(31)13-14-32-15-17-33(18-16-32)23-10-7-21(28)8-11-23/h7-12,19-20H,2-6,13-18H2,1H3,(H,29,34). The van der Waals surface area contributed by atoms with Crippen LogP contribution in [0.5, 0.6) is 0 Å². The van der Waals surface area contributed by atoms with Gasteiger partial charge in [-0.1, -0.05) is 19.3 Å². The number of fused-ring (bicyclic) bond motifs is 1. The Labute approximate surface area is 200 Å². The van der Waals surface area contributed by atoms with E-state index in [-0.39, 0.29) is 17.6 Å². The second kappa shape index (κ2) is 10.1. The Morgan fingerprint density at radius 2 is 1.76 bits per heavy atom. The number of nitrogens with one attached hydrogen (secondary N) is 1. The molecular formula is C27H34FN5O. The molecule has 1 aliphatic carbocycles. The van der Waals surface area contributed by atoms with Gasteiger partial charge < -0.3 is 14.8 Å². The van der Waals surface area contributed by atoms with Gasteiger partial charge in [-0.2, -0.15) is 0 Å². The summed E-state index contributed by atoms with van der Waals surface area (Å²) in [5, 5.41) is 3.12. The van der Waals surface area contributed by atoms with Gasteiger partial charge in [0.2, 0.25) is 5.91 Å². The first-order valence-corrected chi connectivity index (χ1v) is 12.6. The zero-order chi connectivity index (χ0) is 23.5. The summed E-state index contributed by atoms with van der Waals surface area (Å²) in [4.78, 5) is 22.3. The van der Waals surface area contributed by atoms with Gasteiger partial charge in [-0.25, -0.2) is 9.37 Å². The van der Waals surface area contributed by atoms with Crippen molar-refractivity contribution in [1.29, 1.82) is 0 Å². The first kappa shape index (κ1) is 22.8. The molecule has 0 unspecified atom stereocenters. The van der Waals surface area contributed by atoms with Crippen LogP contribution in [-0.4, -0.2) is 53.1 Å². The molecule has 5 rings (SSSR count). The smallest absolute Gasteiger partial charge is 0.227 e. The lowest BCUT2D eigenvalue weighted by atomic mass is 9.88. The van der Waals surface area contributed by atoms with Gasteiger partial charge in [-0.15, -0.1) is 0 Å². The van der Waals surface area contributed by atoms with Crippen LogP contribution in [0.3, 0.4) is 0 Å². The van der Waals surface area contributed by atoms with Crippen molar-refractivity contribution >= 4 is 28.3 Å². The highest BCUT2D eigenvalue weighted by Gasteiger charge is 2.22. The second-order valence-electron chi connectivity index (χ2n) is 9.67. The molecule has 180 valence electrons. The zero-order valence-electron chi connectivity index (χ0n) is 20.0. The third kappa shape index (κ3) is 5.09. The van der Waals surface area contributed by atoms with Crippen molar-refractivity contribution in [2.45, 2.75) is 38.5 Å². The Balaban J connectivity index is 1.17. The van der Waals surface area contributed by atoms with E-state index in [9.17, 15) is 9.18 Å². The maximum atomic E-state index is 13.2. The molecule has 1 aliphatic heterocycles. The minimum Gasteiger partial charge on any atom is -0.369 e. The lowest BCUT2D eigenvalue weighted by Gasteiger charge is -2.36. The Kier molecular flexibility index (Phi) is 6.81. The van der Waals surface area contributed by atoms with E-state index in [1.807, 2.05) is 24.3 Å². The summed E-state index contributed by atoms with van der Waals surface area (Å²) >= 11 is 0. The molecule has 1 N–H and O–H groups in total. The number of amides is 1. The van der Waals surface area contributed by atoms with Gasteiger partial charge in [0, 0.05) is 63.5 Å². The number of hydrogen-bond acceptors (Lipinski definition) is 4. The fourth-order valence-electron chi connectivity index (χ4n) is 5.30. The number of benzene rings is 2. The van der Waals surface area contributed by atoms with Crippen LogP contribution in [0.2, 0.25) is 0 Å². The second-order valence-corrected chi connectivity index (χ2v) is 9.67. The zero-order valence-corrected chi connectivity index (χ0v) is 20.0. The number of nitrogens with zero attached hydrogens (tertiary/aromatic N) is 4. The molecule has 34 heavy (non-hydrogen) atoms.